The number of carbonyl (C=O) groups excluding carboxylic acids is 2. The standard InChI is InChI=1S/C47H86O5/c1-3-5-7-9-11-13-15-17-19-20-21-22-23-24-25-26-28-30-32-34-36-38-40-42-47(50)52-45(43-48)44-51-46(49)41-39-37-35-33-31-29-27-18-16-14-12-10-8-6-4-2/h15,17,20-21,23-24,45,48H,3-14,16,18-19,22,25-44H2,1-2H3/b17-15-,21-20-,24-23-. The molecule has 1 atom stereocenters. The first-order chi connectivity index (χ1) is 25.6. The van der Waals surface area contributed by atoms with Gasteiger partial charge in [-0.25, -0.2) is 0 Å². The molecule has 0 aromatic heterocycles. The number of rotatable bonds is 41. The van der Waals surface area contributed by atoms with Crippen LogP contribution in [0.5, 0.6) is 0 Å². The van der Waals surface area contributed by atoms with E-state index in [0.29, 0.717) is 12.8 Å². The first kappa shape index (κ1) is 50.1. The maximum atomic E-state index is 12.2. The van der Waals surface area contributed by atoms with E-state index in [1.54, 1.807) is 0 Å². The number of aliphatic hydroxyl groups excluding tert-OH is 1. The molecule has 52 heavy (non-hydrogen) atoms. The summed E-state index contributed by atoms with van der Waals surface area (Å²) >= 11 is 0. The van der Waals surface area contributed by atoms with Gasteiger partial charge in [0, 0.05) is 12.8 Å². The van der Waals surface area contributed by atoms with E-state index in [0.717, 1.165) is 51.4 Å². The van der Waals surface area contributed by atoms with Crippen molar-refractivity contribution in [3.05, 3.63) is 36.5 Å². The highest BCUT2D eigenvalue weighted by atomic mass is 16.6. The molecule has 0 aliphatic carbocycles. The van der Waals surface area contributed by atoms with Gasteiger partial charge in [0.1, 0.15) is 6.61 Å². The Morgan fingerprint density at radius 2 is 0.769 bits per heavy atom. The molecular formula is C47H86O5. The van der Waals surface area contributed by atoms with Crippen molar-refractivity contribution in [3.8, 4) is 0 Å². The predicted molar refractivity (Wildman–Crippen MR) is 224 cm³/mol. The van der Waals surface area contributed by atoms with E-state index >= 15 is 0 Å². The molecule has 5 heteroatoms. The van der Waals surface area contributed by atoms with E-state index in [9.17, 15) is 14.7 Å². The van der Waals surface area contributed by atoms with Crippen LogP contribution in [0.3, 0.4) is 0 Å². The summed E-state index contributed by atoms with van der Waals surface area (Å²) in [7, 11) is 0. The third-order valence-corrected chi connectivity index (χ3v) is 9.94. The first-order valence-electron chi connectivity index (χ1n) is 22.5. The van der Waals surface area contributed by atoms with E-state index in [-0.39, 0.29) is 25.2 Å². The average molecular weight is 731 g/mol. The molecule has 5 nitrogen and oxygen atoms in total. The Hall–Kier alpha value is -1.88. The second kappa shape index (κ2) is 43.5. The summed E-state index contributed by atoms with van der Waals surface area (Å²) in [4.78, 5) is 24.3. The number of aliphatic hydroxyl groups is 1. The molecular weight excluding hydrogens is 645 g/mol. The van der Waals surface area contributed by atoms with Gasteiger partial charge in [0.2, 0.25) is 0 Å². The average Bonchev–Trinajstić information content (AvgIpc) is 3.15. The van der Waals surface area contributed by atoms with E-state index < -0.39 is 6.10 Å². The lowest BCUT2D eigenvalue weighted by atomic mass is 10.0. The van der Waals surface area contributed by atoms with Gasteiger partial charge in [-0.05, 0) is 51.4 Å². The number of ether oxygens (including phenoxy) is 2. The highest BCUT2D eigenvalue weighted by Crippen LogP contribution is 2.15. The zero-order chi connectivity index (χ0) is 37.8. The lowest BCUT2D eigenvalue weighted by Gasteiger charge is -2.15. The number of hydrogen-bond acceptors (Lipinski definition) is 5. The highest BCUT2D eigenvalue weighted by Gasteiger charge is 2.16. The van der Waals surface area contributed by atoms with Gasteiger partial charge in [-0.2, -0.15) is 0 Å². The zero-order valence-corrected chi connectivity index (χ0v) is 34.6. The third-order valence-electron chi connectivity index (χ3n) is 9.94. The molecule has 0 spiro atoms. The Morgan fingerprint density at radius 1 is 0.442 bits per heavy atom. The van der Waals surface area contributed by atoms with Crippen molar-refractivity contribution in [1.29, 1.82) is 0 Å². The van der Waals surface area contributed by atoms with Gasteiger partial charge in [-0.15, -0.1) is 0 Å². The molecule has 1 unspecified atom stereocenters. The van der Waals surface area contributed by atoms with Crippen LogP contribution in [-0.4, -0.2) is 36.4 Å². The maximum Gasteiger partial charge on any atom is 0.306 e. The smallest absolute Gasteiger partial charge is 0.306 e. The fraction of sp³-hybridized carbons (Fsp3) is 0.830. The van der Waals surface area contributed by atoms with E-state index in [1.807, 2.05) is 0 Å². The second-order valence-corrected chi connectivity index (χ2v) is 15.1. The SMILES string of the molecule is CCCCCCC/C=C\C/C=C\C/C=C\CCCCCCCCCCC(=O)OC(CO)COC(=O)CCCCCCCCCCCCCCCCC. The molecule has 0 aliphatic heterocycles. The topological polar surface area (TPSA) is 72.8 Å². The third kappa shape index (κ3) is 40.9. The number of esters is 2. The number of unbranched alkanes of at least 4 members (excludes halogenated alkanes) is 27. The van der Waals surface area contributed by atoms with Gasteiger partial charge >= 0.3 is 11.9 Å². The summed E-state index contributed by atoms with van der Waals surface area (Å²) in [5.74, 6) is -0.590. The molecule has 0 heterocycles. The summed E-state index contributed by atoms with van der Waals surface area (Å²) in [6.45, 7) is 4.14. The number of hydrogen-bond donors (Lipinski definition) is 1. The zero-order valence-electron chi connectivity index (χ0n) is 34.6. The van der Waals surface area contributed by atoms with Crippen LogP contribution in [0.1, 0.15) is 232 Å². The van der Waals surface area contributed by atoms with Gasteiger partial charge < -0.3 is 14.6 Å². The Kier molecular flexibility index (Phi) is 42.0. The second-order valence-electron chi connectivity index (χ2n) is 15.1. The lowest BCUT2D eigenvalue weighted by molar-refractivity contribution is -0.161. The molecule has 1 N–H and O–H groups in total. The van der Waals surface area contributed by atoms with Gasteiger partial charge in [0.25, 0.3) is 0 Å². The van der Waals surface area contributed by atoms with E-state index in [1.165, 1.54) is 154 Å². The minimum atomic E-state index is -0.772. The number of carbonyl (C=O) groups is 2. The van der Waals surface area contributed by atoms with Gasteiger partial charge in [0.05, 0.1) is 6.61 Å². The summed E-state index contributed by atoms with van der Waals surface area (Å²) in [6, 6.07) is 0. The van der Waals surface area contributed by atoms with Gasteiger partial charge in [0.15, 0.2) is 6.10 Å². The van der Waals surface area contributed by atoms with Crippen LogP contribution in [0.2, 0.25) is 0 Å². The van der Waals surface area contributed by atoms with Gasteiger partial charge in [-0.1, -0.05) is 204 Å². The molecule has 0 radical (unpaired) electrons. The monoisotopic (exact) mass is 731 g/mol. The normalized spacial score (nSPS) is 12.4. The number of allylic oxidation sites excluding steroid dienone is 6. The fourth-order valence-corrected chi connectivity index (χ4v) is 6.50. The van der Waals surface area contributed by atoms with Crippen molar-refractivity contribution < 1.29 is 24.2 Å². The summed E-state index contributed by atoms with van der Waals surface area (Å²) in [5.41, 5.74) is 0. The molecule has 0 saturated carbocycles. The van der Waals surface area contributed by atoms with Crippen LogP contribution in [0.25, 0.3) is 0 Å². The highest BCUT2D eigenvalue weighted by molar-refractivity contribution is 5.70. The van der Waals surface area contributed by atoms with Crippen molar-refractivity contribution in [2.45, 2.75) is 238 Å². The quantitative estimate of drug-likeness (QED) is 0.0385. The van der Waals surface area contributed by atoms with Crippen molar-refractivity contribution in [2.24, 2.45) is 0 Å². The van der Waals surface area contributed by atoms with E-state index in [2.05, 4.69) is 50.3 Å². The Balaban J connectivity index is 3.53. The summed E-state index contributed by atoms with van der Waals surface area (Å²) < 4.78 is 10.6. The Morgan fingerprint density at radius 3 is 1.15 bits per heavy atom. The fourth-order valence-electron chi connectivity index (χ4n) is 6.50. The predicted octanol–water partition coefficient (Wildman–Crippen LogP) is 14.4. The van der Waals surface area contributed by atoms with Crippen LogP contribution < -0.4 is 0 Å². The molecule has 0 rings (SSSR count). The lowest BCUT2D eigenvalue weighted by Crippen LogP contribution is -2.28. The van der Waals surface area contributed by atoms with Crippen LogP contribution >= 0.6 is 0 Å². The molecule has 0 aromatic rings. The largest absolute Gasteiger partial charge is 0.462 e. The Labute approximate surface area is 323 Å². The van der Waals surface area contributed by atoms with Gasteiger partial charge in [-0.3, -0.25) is 9.59 Å². The van der Waals surface area contributed by atoms with E-state index in [4.69, 9.17) is 9.47 Å². The van der Waals surface area contributed by atoms with Crippen molar-refractivity contribution in [3.63, 3.8) is 0 Å². The van der Waals surface area contributed by atoms with Crippen molar-refractivity contribution >= 4 is 11.9 Å². The molecule has 0 aromatic carbocycles. The van der Waals surface area contributed by atoms with Crippen LogP contribution in [-0.2, 0) is 19.1 Å². The molecule has 304 valence electrons. The minimum Gasteiger partial charge on any atom is -0.462 e. The van der Waals surface area contributed by atoms with Crippen LogP contribution in [0.4, 0.5) is 0 Å². The molecule has 0 bridgehead atoms. The minimum absolute atomic E-state index is 0.0656. The summed E-state index contributed by atoms with van der Waals surface area (Å²) in [5, 5.41) is 9.58. The van der Waals surface area contributed by atoms with Crippen molar-refractivity contribution in [2.75, 3.05) is 13.2 Å². The van der Waals surface area contributed by atoms with Crippen LogP contribution in [0.15, 0.2) is 36.5 Å². The van der Waals surface area contributed by atoms with Crippen LogP contribution in [0, 0.1) is 0 Å². The molecule has 0 amide bonds. The summed E-state index contributed by atoms with van der Waals surface area (Å²) in [6.07, 6.45) is 53.6. The van der Waals surface area contributed by atoms with Crippen molar-refractivity contribution in [1.82, 2.24) is 0 Å². The molecule has 0 fully saturated rings. The Bertz CT molecular complexity index is 832. The molecule has 0 saturated heterocycles. The first-order valence-corrected chi connectivity index (χ1v) is 22.5. The maximum absolute atomic E-state index is 12.2. The molecule has 0 aliphatic rings.